The van der Waals surface area contributed by atoms with Gasteiger partial charge in [0.15, 0.2) is 0 Å². The second-order valence-corrected chi connectivity index (χ2v) is 9.07. The van der Waals surface area contributed by atoms with Gasteiger partial charge in [0.05, 0.1) is 15.5 Å². The number of aryl methyl sites for hydroxylation is 1. The Bertz CT molecular complexity index is 903. The van der Waals surface area contributed by atoms with Crippen LogP contribution in [0.5, 0.6) is 0 Å². The first-order valence-corrected chi connectivity index (χ1v) is 9.67. The van der Waals surface area contributed by atoms with Gasteiger partial charge in [-0.05, 0) is 37.3 Å². The Kier molecular flexibility index (Phi) is 4.79. The van der Waals surface area contributed by atoms with Crippen molar-refractivity contribution in [2.75, 3.05) is 18.8 Å². The van der Waals surface area contributed by atoms with Crippen LogP contribution >= 0.6 is 0 Å². The van der Waals surface area contributed by atoms with Gasteiger partial charge in [-0.25, -0.2) is 21.1 Å². The third kappa shape index (κ3) is 3.90. The fraction of sp³-hybridized carbons (Fsp3) is 0.200. The lowest BCUT2D eigenvalue weighted by molar-refractivity contribution is 0.521. The monoisotopic (exact) mass is 354 g/mol. The largest absolute Gasteiger partial charge is 0.280 e. The van der Waals surface area contributed by atoms with Gasteiger partial charge in [0, 0.05) is 14.1 Å². The zero-order valence-electron chi connectivity index (χ0n) is 13.0. The van der Waals surface area contributed by atoms with Gasteiger partial charge in [-0.3, -0.25) is 4.72 Å². The molecule has 0 spiro atoms. The molecule has 0 fully saturated rings. The third-order valence-electron chi connectivity index (χ3n) is 3.20. The number of rotatable bonds is 5. The highest BCUT2D eigenvalue weighted by Crippen LogP contribution is 2.21. The molecule has 0 aromatic heterocycles. The lowest BCUT2D eigenvalue weighted by Crippen LogP contribution is -2.22. The molecule has 0 radical (unpaired) electrons. The minimum absolute atomic E-state index is 0.0200. The van der Waals surface area contributed by atoms with E-state index in [0.717, 1.165) is 9.87 Å². The number of hydrogen-bond acceptors (Lipinski definition) is 4. The van der Waals surface area contributed by atoms with Crippen molar-refractivity contribution in [1.82, 2.24) is 4.31 Å². The SMILES string of the molecule is Cc1ccc(S(=O)(=O)Nc2cccc(S(=O)(=O)N(C)C)c2)cc1. The lowest BCUT2D eigenvalue weighted by atomic mass is 10.2. The smallest absolute Gasteiger partial charge is 0.261 e. The molecule has 2 aromatic carbocycles. The summed E-state index contributed by atoms with van der Waals surface area (Å²) >= 11 is 0. The minimum Gasteiger partial charge on any atom is -0.280 e. The summed E-state index contributed by atoms with van der Waals surface area (Å²) in [6, 6.07) is 12.1. The van der Waals surface area contributed by atoms with Gasteiger partial charge in [-0.1, -0.05) is 23.8 Å². The quantitative estimate of drug-likeness (QED) is 0.891. The van der Waals surface area contributed by atoms with Gasteiger partial charge in [0.2, 0.25) is 10.0 Å². The van der Waals surface area contributed by atoms with Crippen LogP contribution in [0.4, 0.5) is 5.69 Å². The minimum atomic E-state index is -3.77. The van der Waals surface area contributed by atoms with Crippen LogP contribution < -0.4 is 4.72 Å². The summed E-state index contributed by atoms with van der Waals surface area (Å²) in [6.07, 6.45) is 0. The molecule has 8 heteroatoms. The van der Waals surface area contributed by atoms with E-state index in [1.54, 1.807) is 12.1 Å². The van der Waals surface area contributed by atoms with Gasteiger partial charge in [0.25, 0.3) is 10.0 Å². The van der Waals surface area contributed by atoms with Crippen molar-refractivity contribution in [1.29, 1.82) is 0 Å². The molecule has 0 saturated carbocycles. The van der Waals surface area contributed by atoms with Crippen LogP contribution in [0.2, 0.25) is 0 Å². The summed E-state index contributed by atoms with van der Waals surface area (Å²) in [6.45, 7) is 1.86. The molecule has 0 heterocycles. The normalized spacial score (nSPS) is 12.3. The maximum atomic E-state index is 12.3. The van der Waals surface area contributed by atoms with Gasteiger partial charge in [0.1, 0.15) is 0 Å². The zero-order valence-corrected chi connectivity index (χ0v) is 14.6. The Morgan fingerprint density at radius 2 is 1.48 bits per heavy atom. The molecule has 1 N–H and O–H groups in total. The predicted molar refractivity (Wildman–Crippen MR) is 89.3 cm³/mol. The summed E-state index contributed by atoms with van der Waals surface area (Å²) in [7, 11) is -4.57. The van der Waals surface area contributed by atoms with E-state index in [1.165, 1.54) is 50.5 Å². The lowest BCUT2D eigenvalue weighted by Gasteiger charge is -2.13. The van der Waals surface area contributed by atoms with Crippen LogP contribution in [-0.2, 0) is 20.0 Å². The molecule has 23 heavy (non-hydrogen) atoms. The second-order valence-electron chi connectivity index (χ2n) is 5.23. The standard InChI is InChI=1S/C15H18N2O4S2/c1-12-7-9-14(10-8-12)22(18,19)16-13-5-4-6-15(11-13)23(20,21)17(2)3/h4-11,16H,1-3H3. The van der Waals surface area contributed by atoms with E-state index >= 15 is 0 Å². The molecule has 0 aliphatic heterocycles. The topological polar surface area (TPSA) is 83.5 Å². The van der Waals surface area contributed by atoms with Crippen LogP contribution in [0.25, 0.3) is 0 Å². The Labute approximate surface area is 136 Å². The van der Waals surface area contributed by atoms with Crippen LogP contribution in [0, 0.1) is 6.92 Å². The first kappa shape index (κ1) is 17.5. The van der Waals surface area contributed by atoms with Crippen LogP contribution in [-0.4, -0.2) is 35.2 Å². The van der Waals surface area contributed by atoms with Gasteiger partial charge in [-0.2, -0.15) is 0 Å². The first-order valence-electron chi connectivity index (χ1n) is 6.75. The second kappa shape index (κ2) is 6.31. The molecule has 0 saturated heterocycles. The zero-order chi connectivity index (χ0) is 17.3. The highest BCUT2D eigenvalue weighted by molar-refractivity contribution is 7.92. The number of hydrogen-bond donors (Lipinski definition) is 1. The fourth-order valence-corrected chi connectivity index (χ4v) is 3.86. The number of anilines is 1. The van der Waals surface area contributed by atoms with Crippen LogP contribution in [0.3, 0.4) is 0 Å². The van der Waals surface area contributed by atoms with E-state index in [2.05, 4.69) is 4.72 Å². The molecule has 0 amide bonds. The van der Waals surface area contributed by atoms with Gasteiger partial charge >= 0.3 is 0 Å². The van der Waals surface area contributed by atoms with Gasteiger partial charge < -0.3 is 0 Å². The summed E-state index contributed by atoms with van der Waals surface area (Å²) in [5.41, 5.74) is 1.14. The van der Waals surface area contributed by atoms with E-state index < -0.39 is 20.0 Å². The number of nitrogens with zero attached hydrogens (tertiary/aromatic N) is 1. The Hall–Kier alpha value is -1.90. The van der Waals surface area contributed by atoms with Crippen molar-refractivity contribution < 1.29 is 16.8 Å². The molecule has 124 valence electrons. The van der Waals surface area contributed by atoms with Crippen LogP contribution in [0.1, 0.15) is 5.56 Å². The maximum absolute atomic E-state index is 12.3. The molecule has 0 aliphatic rings. The molecule has 0 atom stereocenters. The van der Waals surface area contributed by atoms with E-state index in [1.807, 2.05) is 6.92 Å². The van der Waals surface area contributed by atoms with E-state index in [9.17, 15) is 16.8 Å². The fourth-order valence-electron chi connectivity index (χ4n) is 1.86. The highest BCUT2D eigenvalue weighted by atomic mass is 32.2. The molecule has 0 aliphatic carbocycles. The van der Waals surface area contributed by atoms with E-state index in [-0.39, 0.29) is 15.5 Å². The summed E-state index contributed by atoms with van der Waals surface area (Å²) < 4.78 is 52.4. The maximum Gasteiger partial charge on any atom is 0.261 e. The molecule has 6 nitrogen and oxygen atoms in total. The summed E-state index contributed by atoms with van der Waals surface area (Å²) in [5.74, 6) is 0. The van der Waals surface area contributed by atoms with Crippen molar-refractivity contribution in [2.45, 2.75) is 16.7 Å². The molecule has 0 unspecified atom stereocenters. The Morgan fingerprint density at radius 1 is 0.870 bits per heavy atom. The summed E-state index contributed by atoms with van der Waals surface area (Å²) in [5, 5.41) is 0. The average molecular weight is 354 g/mol. The highest BCUT2D eigenvalue weighted by Gasteiger charge is 2.19. The molecular formula is C15H18N2O4S2. The third-order valence-corrected chi connectivity index (χ3v) is 6.40. The molecular weight excluding hydrogens is 336 g/mol. The molecule has 0 bridgehead atoms. The average Bonchev–Trinajstić information content (AvgIpc) is 2.47. The van der Waals surface area contributed by atoms with Crippen molar-refractivity contribution in [3.8, 4) is 0 Å². The first-order chi connectivity index (χ1) is 10.6. The van der Waals surface area contributed by atoms with Crippen LogP contribution in [0.15, 0.2) is 58.3 Å². The van der Waals surface area contributed by atoms with E-state index in [0.29, 0.717) is 0 Å². The van der Waals surface area contributed by atoms with Crippen molar-refractivity contribution in [2.24, 2.45) is 0 Å². The molecule has 2 aromatic rings. The molecule has 2 rings (SSSR count). The van der Waals surface area contributed by atoms with Crippen molar-refractivity contribution in [3.05, 3.63) is 54.1 Å². The van der Waals surface area contributed by atoms with Gasteiger partial charge in [-0.15, -0.1) is 0 Å². The van der Waals surface area contributed by atoms with E-state index in [4.69, 9.17) is 0 Å². The van der Waals surface area contributed by atoms with Crippen molar-refractivity contribution >= 4 is 25.7 Å². The Balaban J connectivity index is 2.36. The van der Waals surface area contributed by atoms with Crippen molar-refractivity contribution in [3.63, 3.8) is 0 Å². The Morgan fingerprint density at radius 3 is 2.04 bits per heavy atom. The predicted octanol–water partition coefficient (Wildman–Crippen LogP) is 2.05. The summed E-state index contributed by atoms with van der Waals surface area (Å²) in [4.78, 5) is 0.135. The number of benzene rings is 2. The number of nitrogens with one attached hydrogen (secondary N) is 1. The number of sulfonamides is 2.